The van der Waals surface area contributed by atoms with E-state index in [2.05, 4.69) is 4.98 Å². The molecule has 8 heteroatoms. The van der Waals surface area contributed by atoms with Crippen LogP contribution in [0.1, 0.15) is 16.1 Å². The van der Waals surface area contributed by atoms with Gasteiger partial charge in [0.2, 0.25) is 0 Å². The number of rotatable bonds is 4. The average molecular weight is 313 g/mol. The number of non-ortho nitro benzene ring substituents is 1. The molecule has 0 saturated heterocycles. The van der Waals surface area contributed by atoms with Crippen LogP contribution in [0.4, 0.5) is 14.5 Å². The van der Waals surface area contributed by atoms with Crippen molar-refractivity contribution in [3.63, 3.8) is 0 Å². The van der Waals surface area contributed by atoms with Crippen LogP contribution >= 0.6 is 11.6 Å². The van der Waals surface area contributed by atoms with Gasteiger partial charge in [0.15, 0.2) is 5.78 Å². The lowest BCUT2D eigenvalue weighted by atomic mass is 10.1. The molecule has 0 spiro atoms. The second-order valence-corrected chi connectivity index (χ2v) is 4.51. The van der Waals surface area contributed by atoms with E-state index in [0.717, 1.165) is 18.3 Å². The molecule has 2 aromatic rings. The normalized spacial score (nSPS) is 10.4. The lowest BCUT2D eigenvalue weighted by Crippen LogP contribution is -2.08. The number of ketones is 1. The van der Waals surface area contributed by atoms with Crippen LogP contribution in [0.25, 0.3) is 0 Å². The molecule has 0 N–H and O–H groups in total. The fourth-order valence-corrected chi connectivity index (χ4v) is 1.88. The van der Waals surface area contributed by atoms with Gasteiger partial charge >= 0.3 is 0 Å². The molecule has 0 fully saturated rings. The number of hydrogen-bond donors (Lipinski definition) is 0. The first-order valence-corrected chi connectivity index (χ1v) is 6.03. The molecule has 2 rings (SSSR count). The highest BCUT2D eigenvalue weighted by Gasteiger charge is 2.18. The number of carbonyl (C=O) groups is 1. The minimum absolute atomic E-state index is 0.00752. The van der Waals surface area contributed by atoms with Crippen molar-refractivity contribution in [2.45, 2.75) is 6.42 Å². The number of hydrogen-bond acceptors (Lipinski definition) is 4. The molecule has 21 heavy (non-hydrogen) atoms. The second-order valence-electron chi connectivity index (χ2n) is 4.10. The zero-order valence-corrected chi connectivity index (χ0v) is 11.1. The van der Waals surface area contributed by atoms with Crippen LogP contribution in [0.2, 0.25) is 5.02 Å². The summed E-state index contributed by atoms with van der Waals surface area (Å²) < 4.78 is 26.2. The highest BCUT2D eigenvalue weighted by molar-refractivity contribution is 6.34. The Morgan fingerprint density at radius 1 is 1.33 bits per heavy atom. The van der Waals surface area contributed by atoms with Crippen LogP contribution < -0.4 is 0 Å². The molecule has 0 aliphatic carbocycles. The summed E-state index contributed by atoms with van der Waals surface area (Å²) in [5.74, 6) is -2.48. The van der Waals surface area contributed by atoms with E-state index < -0.39 is 28.8 Å². The Morgan fingerprint density at radius 2 is 2.05 bits per heavy atom. The molecule has 1 aromatic carbocycles. The van der Waals surface area contributed by atoms with Crippen LogP contribution in [0.15, 0.2) is 30.5 Å². The summed E-state index contributed by atoms with van der Waals surface area (Å²) in [6.07, 6.45) is 0.299. The fraction of sp³-hybridized carbons (Fsp3) is 0.0769. The summed E-state index contributed by atoms with van der Waals surface area (Å²) in [7, 11) is 0. The van der Waals surface area contributed by atoms with Gasteiger partial charge in [-0.15, -0.1) is 0 Å². The third-order valence-electron chi connectivity index (χ3n) is 2.67. The lowest BCUT2D eigenvalue weighted by Gasteiger charge is -2.04. The third kappa shape index (κ3) is 3.38. The molecule has 108 valence electrons. The molecular weight excluding hydrogens is 306 g/mol. The molecule has 0 unspecified atom stereocenters. The molecule has 0 amide bonds. The van der Waals surface area contributed by atoms with E-state index in [9.17, 15) is 23.7 Å². The quantitative estimate of drug-likeness (QED) is 0.493. The molecule has 0 aliphatic heterocycles. The maximum absolute atomic E-state index is 13.4. The molecule has 0 saturated carbocycles. The Morgan fingerprint density at radius 3 is 2.67 bits per heavy atom. The van der Waals surface area contributed by atoms with Crippen molar-refractivity contribution in [3.8, 4) is 0 Å². The fourth-order valence-electron chi connectivity index (χ4n) is 1.66. The summed E-state index contributed by atoms with van der Waals surface area (Å²) in [5.41, 5.74) is -0.685. The Labute approximate surface area is 122 Å². The molecular formula is C13H7ClF2N2O3. The van der Waals surface area contributed by atoms with E-state index in [1.165, 1.54) is 6.07 Å². The number of Topliss-reactive ketones (excluding diaryl/α,β-unsaturated/α-hetero) is 1. The Kier molecular flexibility index (Phi) is 4.23. The maximum atomic E-state index is 13.4. The minimum Gasteiger partial charge on any atom is -0.294 e. The van der Waals surface area contributed by atoms with Crippen molar-refractivity contribution in [1.29, 1.82) is 0 Å². The summed E-state index contributed by atoms with van der Waals surface area (Å²) >= 11 is 5.81. The summed E-state index contributed by atoms with van der Waals surface area (Å²) in [5, 5.41) is 10.7. The van der Waals surface area contributed by atoms with Crippen LogP contribution in [-0.4, -0.2) is 15.7 Å². The zero-order valence-electron chi connectivity index (χ0n) is 10.3. The first-order chi connectivity index (χ1) is 9.88. The molecule has 0 aliphatic rings. The SMILES string of the molecule is O=C(Cc1ncc(F)cc1F)c1cc([N+](=O)[O-])ccc1Cl. The summed E-state index contributed by atoms with van der Waals surface area (Å²) in [6.45, 7) is 0. The first kappa shape index (κ1) is 15.0. The van der Waals surface area contributed by atoms with Crippen LogP contribution in [0.3, 0.4) is 0 Å². The zero-order chi connectivity index (χ0) is 15.6. The largest absolute Gasteiger partial charge is 0.294 e. The number of aromatic nitrogens is 1. The van der Waals surface area contributed by atoms with Crippen molar-refractivity contribution in [1.82, 2.24) is 4.98 Å². The van der Waals surface area contributed by atoms with Gasteiger partial charge in [0.1, 0.15) is 11.6 Å². The van der Waals surface area contributed by atoms with Gasteiger partial charge in [-0.2, -0.15) is 0 Å². The van der Waals surface area contributed by atoms with Crippen molar-refractivity contribution in [2.24, 2.45) is 0 Å². The van der Waals surface area contributed by atoms with E-state index in [0.29, 0.717) is 6.07 Å². The maximum Gasteiger partial charge on any atom is 0.270 e. The smallest absolute Gasteiger partial charge is 0.270 e. The summed E-state index contributed by atoms with van der Waals surface area (Å²) in [4.78, 5) is 25.5. The first-order valence-electron chi connectivity index (χ1n) is 5.65. The van der Waals surface area contributed by atoms with Crippen molar-refractivity contribution >= 4 is 23.1 Å². The standard InChI is InChI=1S/C13H7ClF2N2O3/c14-10-2-1-8(18(20)21)4-9(10)13(19)5-12-11(16)3-7(15)6-17-12/h1-4,6H,5H2. The third-order valence-corrected chi connectivity index (χ3v) is 3.00. The molecule has 0 bridgehead atoms. The van der Waals surface area contributed by atoms with E-state index in [4.69, 9.17) is 11.6 Å². The van der Waals surface area contributed by atoms with Crippen LogP contribution in [0, 0.1) is 21.7 Å². The van der Waals surface area contributed by atoms with Gasteiger partial charge in [0.05, 0.1) is 28.3 Å². The van der Waals surface area contributed by atoms with E-state index in [1.54, 1.807) is 0 Å². The van der Waals surface area contributed by atoms with Gasteiger partial charge in [0.25, 0.3) is 5.69 Å². The highest BCUT2D eigenvalue weighted by Crippen LogP contribution is 2.23. The number of carbonyl (C=O) groups excluding carboxylic acids is 1. The molecule has 0 radical (unpaired) electrons. The number of pyridine rings is 1. The van der Waals surface area contributed by atoms with E-state index in [1.807, 2.05) is 0 Å². The van der Waals surface area contributed by atoms with Gasteiger partial charge in [-0.3, -0.25) is 19.9 Å². The second kappa shape index (κ2) is 5.92. The Hall–Kier alpha value is -2.41. The van der Waals surface area contributed by atoms with Crippen molar-refractivity contribution < 1.29 is 18.5 Å². The number of nitrogens with zero attached hydrogens (tertiary/aromatic N) is 2. The van der Waals surface area contributed by atoms with Crippen molar-refractivity contribution in [3.05, 3.63) is 68.5 Å². The lowest BCUT2D eigenvalue weighted by molar-refractivity contribution is -0.384. The van der Waals surface area contributed by atoms with Crippen LogP contribution in [0.5, 0.6) is 0 Å². The van der Waals surface area contributed by atoms with Gasteiger partial charge in [0, 0.05) is 23.8 Å². The Bertz CT molecular complexity index is 737. The topological polar surface area (TPSA) is 73.1 Å². The van der Waals surface area contributed by atoms with Gasteiger partial charge in [-0.25, -0.2) is 8.78 Å². The molecule has 0 atom stereocenters. The predicted octanol–water partition coefficient (Wildman–Crippen LogP) is 3.35. The average Bonchev–Trinajstić information content (AvgIpc) is 2.42. The molecule has 1 heterocycles. The van der Waals surface area contributed by atoms with Gasteiger partial charge < -0.3 is 0 Å². The monoisotopic (exact) mass is 312 g/mol. The minimum atomic E-state index is -0.968. The number of nitro benzene ring substituents is 1. The highest BCUT2D eigenvalue weighted by atomic mass is 35.5. The van der Waals surface area contributed by atoms with Gasteiger partial charge in [-0.05, 0) is 6.07 Å². The number of nitro groups is 1. The van der Waals surface area contributed by atoms with E-state index in [-0.39, 0.29) is 22.0 Å². The Balaban J connectivity index is 2.32. The van der Waals surface area contributed by atoms with Crippen LogP contribution in [-0.2, 0) is 6.42 Å². The van der Waals surface area contributed by atoms with E-state index >= 15 is 0 Å². The summed E-state index contributed by atoms with van der Waals surface area (Å²) in [6, 6.07) is 3.97. The number of benzene rings is 1. The molecule has 5 nitrogen and oxygen atoms in total. The van der Waals surface area contributed by atoms with Crippen molar-refractivity contribution in [2.75, 3.05) is 0 Å². The molecule has 1 aromatic heterocycles. The number of halogens is 3. The predicted molar refractivity (Wildman–Crippen MR) is 70.3 cm³/mol. The van der Waals surface area contributed by atoms with Gasteiger partial charge in [-0.1, -0.05) is 11.6 Å².